The molecule has 35 heavy (non-hydrogen) atoms. The minimum absolute atomic E-state index is 0.0638. The molecule has 1 aliphatic rings. The van der Waals surface area contributed by atoms with Crippen LogP contribution in [-0.4, -0.2) is 54.2 Å². The fraction of sp³-hybridized carbons (Fsp3) is 0.250. The number of sulfonamides is 1. The summed E-state index contributed by atoms with van der Waals surface area (Å²) in [7, 11) is -2.75. The fourth-order valence-corrected chi connectivity index (χ4v) is 5.54. The molecule has 1 saturated heterocycles. The van der Waals surface area contributed by atoms with Crippen LogP contribution < -0.4 is 10.2 Å². The molecule has 1 atom stereocenters. The van der Waals surface area contributed by atoms with E-state index in [4.69, 9.17) is 10.00 Å². The predicted octanol–water partition coefficient (Wildman–Crippen LogP) is 1.96. The minimum atomic E-state index is -4.27. The number of aromatic nitrogens is 1. The molecule has 1 fully saturated rings. The molecule has 10 nitrogen and oxygen atoms in total. The number of rotatable bonds is 7. The highest BCUT2D eigenvalue weighted by Gasteiger charge is 2.43. The highest BCUT2D eigenvalue weighted by atomic mass is 32.2. The van der Waals surface area contributed by atoms with Crippen LogP contribution in [-0.2, 0) is 26.2 Å². The van der Waals surface area contributed by atoms with Gasteiger partial charge in [-0.1, -0.05) is 16.5 Å². The van der Waals surface area contributed by atoms with Crippen molar-refractivity contribution in [1.82, 2.24) is 19.7 Å². The van der Waals surface area contributed by atoms with Crippen molar-refractivity contribution in [2.45, 2.75) is 30.8 Å². The summed E-state index contributed by atoms with van der Waals surface area (Å²) in [6.07, 6.45) is 1.67. The normalized spacial score (nSPS) is 15.9. The van der Waals surface area contributed by atoms with Crippen molar-refractivity contribution >= 4 is 32.6 Å². The summed E-state index contributed by atoms with van der Waals surface area (Å²) >= 11 is 0. The number of nitrogens with one attached hydrogen (secondary N) is 1. The second-order valence-corrected chi connectivity index (χ2v) is 9.88. The molecule has 180 valence electrons. The second kappa shape index (κ2) is 9.69. The summed E-state index contributed by atoms with van der Waals surface area (Å²) in [5.41, 5.74) is 3.27. The van der Waals surface area contributed by atoms with Crippen LogP contribution in [0.3, 0.4) is 0 Å². The van der Waals surface area contributed by atoms with Gasteiger partial charge in [0.05, 0.1) is 12.0 Å². The Morgan fingerprint density at radius 2 is 2.00 bits per heavy atom. The molecule has 2 aromatic carbocycles. The van der Waals surface area contributed by atoms with Crippen molar-refractivity contribution < 1.29 is 22.7 Å². The van der Waals surface area contributed by atoms with Gasteiger partial charge in [-0.25, -0.2) is 13.4 Å². The van der Waals surface area contributed by atoms with Gasteiger partial charge in [0.1, 0.15) is 23.6 Å². The molecular formula is C24H23N5O5S. The van der Waals surface area contributed by atoms with E-state index in [1.165, 1.54) is 37.3 Å². The Hall–Kier alpha value is -4.01. The average Bonchev–Trinajstić information content (AvgIpc) is 3.20. The van der Waals surface area contributed by atoms with Crippen LogP contribution in [0.25, 0.3) is 10.8 Å². The first-order valence-corrected chi connectivity index (χ1v) is 12.2. The molecule has 4 rings (SSSR count). The summed E-state index contributed by atoms with van der Waals surface area (Å²) in [5, 5.41) is 10.5. The van der Waals surface area contributed by atoms with E-state index in [2.05, 4.69) is 10.4 Å². The molecule has 3 aromatic rings. The summed E-state index contributed by atoms with van der Waals surface area (Å²) in [5.74, 6) is -0.488. The summed E-state index contributed by atoms with van der Waals surface area (Å²) < 4.78 is 33.2. The maximum Gasteiger partial charge on any atom is 0.260 e. The van der Waals surface area contributed by atoms with E-state index in [9.17, 15) is 18.0 Å². The number of pyridine rings is 1. The van der Waals surface area contributed by atoms with E-state index >= 15 is 0 Å². The molecular weight excluding hydrogens is 470 g/mol. The molecule has 1 N–H and O–H groups in total. The van der Waals surface area contributed by atoms with Gasteiger partial charge in [-0.15, -0.1) is 0 Å². The molecule has 2 amide bonds. The van der Waals surface area contributed by atoms with Crippen LogP contribution in [0, 0.1) is 11.3 Å². The zero-order valence-electron chi connectivity index (χ0n) is 19.1. The molecule has 2 heterocycles. The lowest BCUT2D eigenvalue weighted by atomic mass is 10.1. The predicted molar refractivity (Wildman–Crippen MR) is 126 cm³/mol. The second-order valence-electron chi connectivity index (χ2n) is 8.07. The number of hydrazine groups is 1. The van der Waals surface area contributed by atoms with Gasteiger partial charge >= 0.3 is 0 Å². The number of likely N-dealkylation sites (tertiary alicyclic amines) is 1. The van der Waals surface area contributed by atoms with Crippen LogP contribution in [0.5, 0.6) is 5.75 Å². The number of hydrogen-bond donors (Lipinski definition) is 1. The number of fused-ring (bicyclic) bond motifs is 1. The van der Waals surface area contributed by atoms with Crippen molar-refractivity contribution in [2.24, 2.45) is 0 Å². The van der Waals surface area contributed by atoms with Gasteiger partial charge < -0.3 is 9.64 Å². The highest BCUT2D eigenvalue weighted by molar-refractivity contribution is 7.89. The molecule has 1 aliphatic heterocycles. The Bertz CT molecular complexity index is 1450. The quantitative estimate of drug-likeness (QED) is 0.498. The molecule has 0 unspecified atom stereocenters. The Kier molecular flexibility index (Phi) is 6.68. The summed E-state index contributed by atoms with van der Waals surface area (Å²) in [6, 6.07) is 14.0. The highest BCUT2D eigenvalue weighted by Crippen LogP contribution is 2.28. The third-order valence-corrected chi connectivity index (χ3v) is 7.42. The van der Waals surface area contributed by atoms with Gasteiger partial charge in [0.15, 0.2) is 0 Å². The SMILES string of the molecule is COc1ccc2ccc(S(=O)(=O)N(NC(C)=O)[C@H]3CCN(Cc4ccnc(C#N)c4)C3=O)cc2c1. The monoisotopic (exact) mass is 493 g/mol. The number of hydrogen-bond acceptors (Lipinski definition) is 7. The zero-order valence-corrected chi connectivity index (χ0v) is 19.9. The number of methoxy groups -OCH3 is 1. The van der Waals surface area contributed by atoms with Crippen LogP contribution in [0.15, 0.2) is 59.6 Å². The summed E-state index contributed by atoms with van der Waals surface area (Å²) in [6.45, 7) is 1.66. The van der Waals surface area contributed by atoms with Gasteiger partial charge in [0, 0.05) is 26.2 Å². The zero-order chi connectivity index (χ0) is 25.2. The van der Waals surface area contributed by atoms with E-state index in [0.29, 0.717) is 16.7 Å². The molecule has 11 heteroatoms. The smallest absolute Gasteiger partial charge is 0.260 e. The maximum absolute atomic E-state index is 13.6. The van der Waals surface area contributed by atoms with E-state index in [0.717, 1.165) is 9.80 Å². The standard InChI is InChI=1S/C24H23N5O5S/c1-16(30)27-29(23-8-10-28(24(23)31)15-17-7-9-26-20(11-17)14-25)35(32,33)22-6-4-18-3-5-21(34-2)12-19(18)13-22/h3-7,9,11-13,23H,8,10,15H2,1-2H3,(H,27,30)/t23-/m0/s1. The number of benzene rings is 2. The van der Waals surface area contributed by atoms with Crippen molar-refractivity contribution in [3.8, 4) is 11.8 Å². The van der Waals surface area contributed by atoms with E-state index in [1.807, 2.05) is 12.1 Å². The van der Waals surface area contributed by atoms with Crippen LogP contribution in [0.1, 0.15) is 24.6 Å². The van der Waals surface area contributed by atoms with Crippen LogP contribution >= 0.6 is 0 Å². The number of carbonyl (C=O) groups excluding carboxylic acids is 2. The molecule has 0 spiro atoms. The number of nitrogens with zero attached hydrogens (tertiary/aromatic N) is 4. The molecule has 0 aliphatic carbocycles. The first kappa shape index (κ1) is 24.1. The van der Waals surface area contributed by atoms with Crippen molar-refractivity contribution in [3.63, 3.8) is 0 Å². The minimum Gasteiger partial charge on any atom is -0.497 e. The van der Waals surface area contributed by atoms with Crippen molar-refractivity contribution in [1.29, 1.82) is 5.26 Å². The Labute approximate surface area is 202 Å². The number of carbonyl (C=O) groups is 2. The van der Waals surface area contributed by atoms with Gasteiger partial charge in [-0.2, -0.15) is 5.26 Å². The molecule has 0 bridgehead atoms. The topological polar surface area (TPSA) is 133 Å². The average molecular weight is 494 g/mol. The van der Waals surface area contributed by atoms with E-state index in [1.54, 1.807) is 30.3 Å². The van der Waals surface area contributed by atoms with Gasteiger partial charge in [-0.3, -0.25) is 15.0 Å². The van der Waals surface area contributed by atoms with Gasteiger partial charge in [0.2, 0.25) is 11.8 Å². The molecule has 0 saturated carbocycles. The number of ether oxygens (including phenoxy) is 1. The van der Waals surface area contributed by atoms with Crippen molar-refractivity contribution in [3.05, 3.63) is 66.0 Å². The fourth-order valence-electron chi connectivity index (χ4n) is 4.02. The lowest BCUT2D eigenvalue weighted by molar-refractivity contribution is -0.133. The number of amides is 2. The molecule has 1 aromatic heterocycles. The van der Waals surface area contributed by atoms with E-state index < -0.39 is 27.9 Å². The Morgan fingerprint density at radius 3 is 2.71 bits per heavy atom. The van der Waals surface area contributed by atoms with Crippen molar-refractivity contribution in [2.75, 3.05) is 13.7 Å². The third kappa shape index (κ3) is 4.94. The summed E-state index contributed by atoms with van der Waals surface area (Å²) in [4.78, 5) is 30.5. The Balaban J connectivity index is 1.64. The lowest BCUT2D eigenvalue weighted by Gasteiger charge is -2.27. The third-order valence-electron chi connectivity index (χ3n) is 5.71. The van der Waals surface area contributed by atoms with Crippen LogP contribution in [0.4, 0.5) is 0 Å². The Morgan fingerprint density at radius 1 is 1.23 bits per heavy atom. The van der Waals surface area contributed by atoms with Crippen LogP contribution in [0.2, 0.25) is 0 Å². The van der Waals surface area contributed by atoms with E-state index in [-0.39, 0.29) is 30.1 Å². The largest absolute Gasteiger partial charge is 0.497 e. The first-order valence-electron chi connectivity index (χ1n) is 10.8. The number of nitriles is 1. The lowest BCUT2D eigenvalue weighted by Crippen LogP contribution is -2.53. The maximum atomic E-state index is 13.6. The van der Waals surface area contributed by atoms with Gasteiger partial charge in [-0.05, 0) is 59.2 Å². The first-order chi connectivity index (χ1) is 16.7. The van der Waals surface area contributed by atoms with Gasteiger partial charge in [0.25, 0.3) is 10.0 Å². The molecule has 0 radical (unpaired) electrons.